The van der Waals surface area contributed by atoms with Gasteiger partial charge in [-0.15, -0.1) is 11.3 Å². The van der Waals surface area contributed by atoms with Crippen LogP contribution in [0.3, 0.4) is 0 Å². The second kappa shape index (κ2) is 8.84. The fourth-order valence-corrected chi connectivity index (χ4v) is 5.45. The summed E-state index contributed by atoms with van der Waals surface area (Å²) < 4.78 is 3.12. The molecule has 5 rings (SSSR count). The maximum absolute atomic E-state index is 13.3. The first kappa shape index (κ1) is 20.8. The van der Waals surface area contributed by atoms with Crippen molar-refractivity contribution in [1.82, 2.24) is 24.6 Å². The SMILES string of the molecule is CCc1c(C(=O)N2CCN(C(C)c3nc4ccccc4s3)CC2)cnn1-c1ccccc1. The molecule has 6 nitrogen and oxygen atoms in total. The predicted molar refractivity (Wildman–Crippen MR) is 128 cm³/mol. The van der Waals surface area contributed by atoms with Gasteiger partial charge in [0.1, 0.15) is 5.01 Å². The predicted octanol–water partition coefficient (Wildman–Crippen LogP) is 4.56. The number of fused-ring (bicyclic) bond motifs is 1. The lowest BCUT2D eigenvalue weighted by Crippen LogP contribution is -2.49. The van der Waals surface area contributed by atoms with Crippen molar-refractivity contribution in [3.05, 3.63) is 77.1 Å². The maximum atomic E-state index is 13.3. The molecule has 1 saturated heterocycles. The Bertz CT molecular complexity index is 1190. The number of aromatic nitrogens is 3. The lowest BCUT2D eigenvalue weighted by molar-refractivity contribution is 0.0581. The van der Waals surface area contributed by atoms with Crippen LogP contribution in [0.5, 0.6) is 0 Å². The number of benzene rings is 2. The van der Waals surface area contributed by atoms with Crippen LogP contribution in [0, 0.1) is 0 Å². The van der Waals surface area contributed by atoms with Crippen molar-refractivity contribution in [1.29, 1.82) is 0 Å². The zero-order chi connectivity index (χ0) is 22.1. The molecule has 32 heavy (non-hydrogen) atoms. The van der Waals surface area contributed by atoms with E-state index in [9.17, 15) is 4.79 Å². The van der Waals surface area contributed by atoms with E-state index >= 15 is 0 Å². The van der Waals surface area contributed by atoms with Gasteiger partial charge >= 0.3 is 0 Å². The van der Waals surface area contributed by atoms with Crippen LogP contribution in [0.4, 0.5) is 0 Å². The van der Waals surface area contributed by atoms with E-state index in [1.807, 2.05) is 46.0 Å². The number of carbonyl (C=O) groups excluding carboxylic acids is 1. The van der Waals surface area contributed by atoms with Crippen molar-refractivity contribution in [2.75, 3.05) is 26.2 Å². The molecule has 1 atom stereocenters. The van der Waals surface area contributed by atoms with E-state index < -0.39 is 0 Å². The van der Waals surface area contributed by atoms with Crippen molar-refractivity contribution >= 4 is 27.5 Å². The topological polar surface area (TPSA) is 54.3 Å². The fourth-order valence-electron chi connectivity index (χ4n) is 4.39. The van der Waals surface area contributed by atoms with Crippen LogP contribution in [0.25, 0.3) is 15.9 Å². The van der Waals surface area contributed by atoms with Gasteiger partial charge in [0.05, 0.1) is 39.4 Å². The molecule has 2 aromatic heterocycles. The van der Waals surface area contributed by atoms with Crippen molar-refractivity contribution in [3.8, 4) is 5.69 Å². The van der Waals surface area contributed by atoms with Gasteiger partial charge in [0.25, 0.3) is 5.91 Å². The molecule has 1 unspecified atom stereocenters. The third-order valence-corrected chi connectivity index (χ3v) is 7.46. The van der Waals surface area contributed by atoms with Crippen LogP contribution in [0.2, 0.25) is 0 Å². The molecule has 2 aromatic carbocycles. The Morgan fingerprint density at radius 3 is 2.47 bits per heavy atom. The average Bonchev–Trinajstić information content (AvgIpc) is 3.48. The van der Waals surface area contributed by atoms with Crippen LogP contribution in [-0.4, -0.2) is 56.7 Å². The molecule has 4 aromatic rings. The van der Waals surface area contributed by atoms with Gasteiger partial charge in [0.15, 0.2) is 0 Å². The Balaban J connectivity index is 1.28. The van der Waals surface area contributed by atoms with E-state index in [-0.39, 0.29) is 11.9 Å². The van der Waals surface area contributed by atoms with Gasteiger partial charge in [0, 0.05) is 26.2 Å². The summed E-state index contributed by atoms with van der Waals surface area (Å²) >= 11 is 1.76. The second-order valence-electron chi connectivity index (χ2n) is 8.13. The highest BCUT2D eigenvalue weighted by molar-refractivity contribution is 7.18. The minimum absolute atomic E-state index is 0.0799. The average molecular weight is 446 g/mol. The molecule has 3 heterocycles. The van der Waals surface area contributed by atoms with Gasteiger partial charge in [0.2, 0.25) is 0 Å². The van der Waals surface area contributed by atoms with Gasteiger partial charge < -0.3 is 4.90 Å². The lowest BCUT2D eigenvalue weighted by Gasteiger charge is -2.37. The number of thiazole rings is 1. The summed E-state index contributed by atoms with van der Waals surface area (Å²) in [6.07, 6.45) is 2.48. The van der Waals surface area contributed by atoms with Crippen molar-refractivity contribution in [2.24, 2.45) is 0 Å². The quantitative estimate of drug-likeness (QED) is 0.452. The standard InChI is InChI=1S/C25H27N5OS/c1-3-22-20(17-26-30(22)19-9-5-4-6-10-19)25(31)29-15-13-28(14-16-29)18(2)24-27-21-11-7-8-12-23(21)32-24/h4-12,17-18H,3,13-16H2,1-2H3. The molecule has 0 N–H and O–H groups in total. The summed E-state index contributed by atoms with van der Waals surface area (Å²) in [6.45, 7) is 7.41. The monoisotopic (exact) mass is 445 g/mol. The van der Waals surface area contributed by atoms with Gasteiger partial charge in [-0.3, -0.25) is 9.69 Å². The van der Waals surface area contributed by atoms with E-state index in [0.29, 0.717) is 18.7 Å². The number of hydrogen-bond acceptors (Lipinski definition) is 5. The normalized spacial score (nSPS) is 15.9. The molecular weight excluding hydrogens is 418 g/mol. The number of carbonyl (C=O) groups is 1. The Kier molecular flexibility index (Phi) is 5.76. The summed E-state index contributed by atoms with van der Waals surface area (Å²) in [4.78, 5) is 22.6. The van der Waals surface area contributed by atoms with Gasteiger partial charge in [-0.2, -0.15) is 5.10 Å². The third kappa shape index (κ3) is 3.82. The second-order valence-corrected chi connectivity index (χ2v) is 9.19. The minimum Gasteiger partial charge on any atom is -0.336 e. The highest BCUT2D eigenvalue weighted by Gasteiger charge is 2.29. The highest BCUT2D eigenvalue weighted by atomic mass is 32.1. The van der Waals surface area contributed by atoms with E-state index in [4.69, 9.17) is 4.98 Å². The zero-order valence-electron chi connectivity index (χ0n) is 18.4. The number of rotatable bonds is 5. The Morgan fingerprint density at radius 1 is 1.03 bits per heavy atom. The first-order valence-corrected chi connectivity index (χ1v) is 12.0. The molecule has 7 heteroatoms. The van der Waals surface area contributed by atoms with Crippen LogP contribution in [-0.2, 0) is 6.42 Å². The largest absolute Gasteiger partial charge is 0.336 e. The summed E-state index contributed by atoms with van der Waals surface area (Å²) in [5.74, 6) is 0.0799. The number of amides is 1. The molecule has 1 aliphatic heterocycles. The first-order valence-electron chi connectivity index (χ1n) is 11.2. The number of para-hydroxylation sites is 2. The maximum Gasteiger partial charge on any atom is 0.257 e. The fraction of sp³-hybridized carbons (Fsp3) is 0.320. The molecule has 164 valence electrons. The smallest absolute Gasteiger partial charge is 0.257 e. The van der Waals surface area contributed by atoms with Crippen LogP contribution >= 0.6 is 11.3 Å². The van der Waals surface area contributed by atoms with E-state index in [1.54, 1.807) is 17.5 Å². The Morgan fingerprint density at radius 2 is 1.75 bits per heavy atom. The van der Waals surface area contributed by atoms with Crippen LogP contribution in [0.1, 0.15) is 40.9 Å². The Labute approximate surface area is 192 Å². The van der Waals surface area contributed by atoms with Gasteiger partial charge in [-0.25, -0.2) is 9.67 Å². The summed E-state index contributed by atoms with van der Waals surface area (Å²) in [5.41, 5.74) is 3.73. The molecule has 1 amide bonds. The number of nitrogens with zero attached hydrogens (tertiary/aromatic N) is 5. The molecule has 0 saturated carbocycles. The minimum atomic E-state index is 0.0799. The molecule has 0 radical (unpaired) electrons. The first-order chi connectivity index (χ1) is 15.7. The number of hydrogen-bond donors (Lipinski definition) is 0. The number of piperazine rings is 1. The summed E-state index contributed by atoms with van der Waals surface area (Å²) in [7, 11) is 0. The summed E-state index contributed by atoms with van der Waals surface area (Å²) in [6, 6.07) is 18.5. The molecule has 0 bridgehead atoms. The molecule has 0 aliphatic carbocycles. The van der Waals surface area contributed by atoms with Gasteiger partial charge in [-0.1, -0.05) is 37.3 Å². The van der Waals surface area contributed by atoms with E-state index in [0.717, 1.165) is 41.4 Å². The van der Waals surface area contributed by atoms with Crippen molar-refractivity contribution in [2.45, 2.75) is 26.3 Å². The highest BCUT2D eigenvalue weighted by Crippen LogP contribution is 2.30. The van der Waals surface area contributed by atoms with Gasteiger partial charge in [-0.05, 0) is 37.6 Å². The molecular formula is C25H27N5OS. The Hall–Kier alpha value is -3.03. The van der Waals surface area contributed by atoms with Crippen molar-refractivity contribution < 1.29 is 4.79 Å². The third-order valence-electron chi connectivity index (χ3n) is 6.25. The lowest BCUT2D eigenvalue weighted by atomic mass is 10.1. The van der Waals surface area contributed by atoms with Crippen LogP contribution < -0.4 is 0 Å². The molecule has 0 spiro atoms. The zero-order valence-corrected chi connectivity index (χ0v) is 19.3. The van der Waals surface area contributed by atoms with Crippen LogP contribution in [0.15, 0.2) is 60.8 Å². The molecule has 1 aliphatic rings. The van der Waals surface area contributed by atoms with E-state index in [2.05, 4.69) is 42.0 Å². The van der Waals surface area contributed by atoms with Crippen molar-refractivity contribution in [3.63, 3.8) is 0 Å². The molecule has 1 fully saturated rings. The summed E-state index contributed by atoms with van der Waals surface area (Å²) in [5, 5.41) is 5.67. The van der Waals surface area contributed by atoms with E-state index in [1.165, 1.54) is 4.70 Å².